The summed E-state index contributed by atoms with van der Waals surface area (Å²) in [6.07, 6.45) is 2.07. The Balaban J connectivity index is 1.66. The summed E-state index contributed by atoms with van der Waals surface area (Å²) in [5.41, 5.74) is 2.59. The van der Waals surface area contributed by atoms with Crippen molar-refractivity contribution in [2.45, 2.75) is 45.3 Å². The van der Waals surface area contributed by atoms with Crippen LogP contribution in [0.4, 0.5) is 11.4 Å². The molecule has 27 heavy (non-hydrogen) atoms. The van der Waals surface area contributed by atoms with Gasteiger partial charge in [-0.3, -0.25) is 14.4 Å². The summed E-state index contributed by atoms with van der Waals surface area (Å²) in [6, 6.07) is 17.0. The molecule has 2 aromatic rings. The number of benzene rings is 2. The minimum absolute atomic E-state index is 0.135. The second kappa shape index (κ2) is 7.16. The molecular formula is C22H24N2O3. The van der Waals surface area contributed by atoms with E-state index >= 15 is 0 Å². The molecule has 2 fully saturated rings. The van der Waals surface area contributed by atoms with Crippen LogP contribution in [-0.4, -0.2) is 24.0 Å². The van der Waals surface area contributed by atoms with Crippen molar-refractivity contribution in [2.75, 3.05) is 9.96 Å². The van der Waals surface area contributed by atoms with E-state index in [1.54, 1.807) is 5.06 Å². The number of imide groups is 1. The van der Waals surface area contributed by atoms with E-state index in [1.807, 2.05) is 61.5 Å². The summed E-state index contributed by atoms with van der Waals surface area (Å²) < 4.78 is 0. The van der Waals surface area contributed by atoms with Gasteiger partial charge in [0.15, 0.2) is 6.10 Å². The number of carbonyl (C=O) groups is 2. The molecule has 3 atom stereocenters. The van der Waals surface area contributed by atoms with Gasteiger partial charge in [-0.1, -0.05) is 55.7 Å². The zero-order valence-corrected chi connectivity index (χ0v) is 15.7. The fraction of sp³-hybridized carbons (Fsp3) is 0.364. The molecule has 0 unspecified atom stereocenters. The van der Waals surface area contributed by atoms with E-state index in [0.29, 0.717) is 5.69 Å². The summed E-state index contributed by atoms with van der Waals surface area (Å²) in [7, 11) is 0. The molecule has 0 radical (unpaired) electrons. The van der Waals surface area contributed by atoms with Gasteiger partial charge in [0.2, 0.25) is 5.91 Å². The summed E-state index contributed by atoms with van der Waals surface area (Å²) in [6.45, 7) is 4.11. The lowest BCUT2D eigenvalue weighted by Crippen LogP contribution is -2.40. The highest BCUT2D eigenvalue weighted by atomic mass is 16.7. The third kappa shape index (κ3) is 3.02. The van der Waals surface area contributed by atoms with Gasteiger partial charge in [0.05, 0.1) is 23.3 Å². The SMILES string of the molecule is CCCC[C@@H]1[C@H]2C(=O)N(c3ccc(C)cc3)C(=O)[C@H]2ON1c1ccccc1. The highest BCUT2D eigenvalue weighted by Gasteiger charge is 2.59. The minimum Gasteiger partial charge on any atom is -0.273 e. The predicted molar refractivity (Wildman–Crippen MR) is 104 cm³/mol. The number of fused-ring (bicyclic) bond motifs is 1. The van der Waals surface area contributed by atoms with Crippen molar-refractivity contribution in [2.24, 2.45) is 5.92 Å². The normalized spacial score (nSPS) is 24.6. The summed E-state index contributed by atoms with van der Waals surface area (Å²) in [4.78, 5) is 33.6. The molecule has 0 bridgehead atoms. The number of rotatable bonds is 5. The highest BCUT2D eigenvalue weighted by molar-refractivity contribution is 6.23. The number of hydroxylamine groups is 1. The molecule has 0 N–H and O–H groups in total. The number of hydrogen-bond donors (Lipinski definition) is 0. The number of para-hydroxylation sites is 1. The van der Waals surface area contributed by atoms with Crippen LogP contribution in [0, 0.1) is 12.8 Å². The fourth-order valence-electron chi connectivity index (χ4n) is 3.98. The van der Waals surface area contributed by atoms with Crippen molar-refractivity contribution in [3.8, 4) is 0 Å². The van der Waals surface area contributed by atoms with Gasteiger partial charge < -0.3 is 0 Å². The van der Waals surface area contributed by atoms with Gasteiger partial charge in [-0.05, 0) is 37.6 Å². The van der Waals surface area contributed by atoms with E-state index in [2.05, 4.69) is 6.92 Å². The standard InChI is InChI=1S/C22H24N2O3/c1-3-4-10-18-19-20(27-24(18)17-8-6-5-7-9-17)22(26)23(21(19)25)16-13-11-15(2)12-14-16/h5-9,11-14,18-20H,3-4,10H2,1-2H3/t18-,19-,20+/m1/s1. The van der Waals surface area contributed by atoms with Crippen LogP contribution in [0.5, 0.6) is 0 Å². The number of nitrogens with zero attached hydrogens (tertiary/aromatic N) is 2. The Kier molecular flexibility index (Phi) is 4.70. The summed E-state index contributed by atoms with van der Waals surface area (Å²) in [5, 5.41) is 1.78. The smallest absolute Gasteiger partial charge is 0.266 e. The lowest BCUT2D eigenvalue weighted by Gasteiger charge is -2.28. The van der Waals surface area contributed by atoms with E-state index in [9.17, 15) is 9.59 Å². The van der Waals surface area contributed by atoms with Crippen LogP contribution in [0.2, 0.25) is 0 Å². The van der Waals surface area contributed by atoms with E-state index in [4.69, 9.17) is 4.84 Å². The Labute approximate surface area is 159 Å². The third-order valence-electron chi connectivity index (χ3n) is 5.39. The van der Waals surface area contributed by atoms with Gasteiger partial charge in [0.1, 0.15) is 0 Å². The fourth-order valence-corrected chi connectivity index (χ4v) is 3.98. The quantitative estimate of drug-likeness (QED) is 0.756. The molecule has 5 heteroatoms. The topological polar surface area (TPSA) is 49.9 Å². The third-order valence-corrected chi connectivity index (χ3v) is 5.39. The number of aryl methyl sites for hydroxylation is 1. The predicted octanol–water partition coefficient (Wildman–Crippen LogP) is 3.86. The first kappa shape index (κ1) is 17.7. The number of hydrogen-bond acceptors (Lipinski definition) is 4. The van der Waals surface area contributed by atoms with Crippen molar-refractivity contribution in [1.29, 1.82) is 0 Å². The maximum Gasteiger partial charge on any atom is 0.266 e. The Morgan fingerprint density at radius 2 is 1.63 bits per heavy atom. The van der Waals surface area contributed by atoms with Crippen LogP contribution in [0.3, 0.4) is 0 Å². The molecule has 5 nitrogen and oxygen atoms in total. The molecule has 0 spiro atoms. The Morgan fingerprint density at radius 3 is 2.30 bits per heavy atom. The summed E-state index contributed by atoms with van der Waals surface area (Å²) >= 11 is 0. The first-order valence-corrected chi connectivity index (χ1v) is 9.57. The molecule has 140 valence electrons. The molecule has 0 aliphatic carbocycles. The molecular weight excluding hydrogens is 340 g/mol. The van der Waals surface area contributed by atoms with Gasteiger partial charge in [-0.2, -0.15) is 0 Å². The zero-order chi connectivity index (χ0) is 19.0. The van der Waals surface area contributed by atoms with Crippen LogP contribution in [0.15, 0.2) is 54.6 Å². The molecule has 2 aromatic carbocycles. The highest BCUT2D eigenvalue weighted by Crippen LogP contribution is 2.41. The van der Waals surface area contributed by atoms with Crippen molar-refractivity contribution >= 4 is 23.2 Å². The van der Waals surface area contributed by atoms with Crippen LogP contribution < -0.4 is 9.96 Å². The van der Waals surface area contributed by atoms with Crippen molar-refractivity contribution in [3.05, 3.63) is 60.2 Å². The first-order valence-electron chi connectivity index (χ1n) is 9.57. The second-order valence-corrected chi connectivity index (χ2v) is 7.27. The monoisotopic (exact) mass is 364 g/mol. The minimum atomic E-state index is -0.749. The summed E-state index contributed by atoms with van der Waals surface area (Å²) in [5.74, 6) is -0.896. The Bertz CT molecular complexity index is 834. The van der Waals surface area contributed by atoms with Crippen molar-refractivity contribution in [1.82, 2.24) is 0 Å². The largest absolute Gasteiger partial charge is 0.273 e. The molecule has 2 heterocycles. The molecule has 4 rings (SSSR count). The first-order chi connectivity index (χ1) is 13.1. The maximum absolute atomic E-state index is 13.2. The van der Waals surface area contributed by atoms with Crippen LogP contribution in [0.25, 0.3) is 0 Å². The van der Waals surface area contributed by atoms with Gasteiger partial charge in [0, 0.05) is 0 Å². The van der Waals surface area contributed by atoms with Crippen LogP contribution >= 0.6 is 0 Å². The molecule has 0 saturated carbocycles. The van der Waals surface area contributed by atoms with Gasteiger partial charge in [-0.15, -0.1) is 0 Å². The van der Waals surface area contributed by atoms with E-state index in [-0.39, 0.29) is 17.9 Å². The molecule has 0 aromatic heterocycles. The van der Waals surface area contributed by atoms with E-state index in [0.717, 1.165) is 30.5 Å². The Morgan fingerprint density at radius 1 is 0.926 bits per heavy atom. The molecule has 2 aliphatic rings. The maximum atomic E-state index is 13.2. The number of anilines is 2. The van der Waals surface area contributed by atoms with Gasteiger partial charge in [0.25, 0.3) is 5.91 Å². The zero-order valence-electron chi connectivity index (χ0n) is 15.7. The lowest BCUT2D eigenvalue weighted by atomic mass is 9.92. The van der Waals surface area contributed by atoms with E-state index < -0.39 is 12.0 Å². The van der Waals surface area contributed by atoms with Crippen molar-refractivity contribution < 1.29 is 14.4 Å². The average molecular weight is 364 g/mol. The van der Waals surface area contributed by atoms with E-state index in [1.165, 1.54) is 4.90 Å². The van der Waals surface area contributed by atoms with Crippen molar-refractivity contribution in [3.63, 3.8) is 0 Å². The molecule has 2 saturated heterocycles. The van der Waals surface area contributed by atoms with Gasteiger partial charge >= 0.3 is 0 Å². The second-order valence-electron chi connectivity index (χ2n) is 7.27. The number of amides is 2. The molecule has 2 aliphatic heterocycles. The van der Waals surface area contributed by atoms with Crippen LogP contribution in [0.1, 0.15) is 31.7 Å². The van der Waals surface area contributed by atoms with Crippen LogP contribution in [-0.2, 0) is 14.4 Å². The Hall–Kier alpha value is -2.66. The number of carbonyl (C=O) groups excluding carboxylic acids is 2. The lowest BCUT2D eigenvalue weighted by molar-refractivity contribution is -0.126. The molecule has 2 amide bonds. The average Bonchev–Trinajstić information content (AvgIpc) is 3.18. The van der Waals surface area contributed by atoms with Gasteiger partial charge in [-0.25, -0.2) is 9.96 Å². The number of unbranched alkanes of at least 4 members (excludes halogenated alkanes) is 1.